The highest BCUT2D eigenvalue weighted by Gasteiger charge is 2.28. The summed E-state index contributed by atoms with van der Waals surface area (Å²) >= 11 is 5.96. The zero-order valence-corrected chi connectivity index (χ0v) is 12.8. The van der Waals surface area contributed by atoms with Crippen LogP contribution in [0.15, 0.2) is 36.5 Å². The fourth-order valence-corrected chi connectivity index (χ4v) is 2.66. The molecule has 23 heavy (non-hydrogen) atoms. The summed E-state index contributed by atoms with van der Waals surface area (Å²) in [5.41, 5.74) is 0.445. The molecule has 0 unspecified atom stereocenters. The van der Waals surface area contributed by atoms with Crippen molar-refractivity contribution in [1.29, 1.82) is 0 Å². The van der Waals surface area contributed by atoms with Crippen molar-refractivity contribution in [3.8, 4) is 0 Å². The van der Waals surface area contributed by atoms with Crippen molar-refractivity contribution < 1.29 is 18.3 Å². The van der Waals surface area contributed by atoms with Gasteiger partial charge in [-0.3, -0.25) is 4.79 Å². The van der Waals surface area contributed by atoms with Crippen molar-refractivity contribution in [1.82, 2.24) is 9.88 Å². The van der Waals surface area contributed by atoms with Crippen LogP contribution in [0.5, 0.6) is 0 Å². The number of halogens is 3. The number of carbonyl (C=O) groups excluding carboxylic acids is 1. The molecule has 1 amide bonds. The molecule has 0 aliphatic carbocycles. The minimum atomic E-state index is -0.971. The summed E-state index contributed by atoms with van der Waals surface area (Å²) in [6.07, 6.45) is 0.473. The molecule has 0 radical (unpaired) electrons. The van der Waals surface area contributed by atoms with E-state index >= 15 is 0 Å². The van der Waals surface area contributed by atoms with Crippen LogP contribution in [0.4, 0.5) is 8.78 Å². The van der Waals surface area contributed by atoms with Crippen molar-refractivity contribution in [3.63, 3.8) is 0 Å². The van der Waals surface area contributed by atoms with Gasteiger partial charge in [0.1, 0.15) is 11.9 Å². The van der Waals surface area contributed by atoms with E-state index in [0.717, 1.165) is 11.8 Å². The first-order valence-corrected chi connectivity index (χ1v) is 7.40. The summed E-state index contributed by atoms with van der Waals surface area (Å²) < 4.78 is 32.3. The Labute approximate surface area is 136 Å². The van der Waals surface area contributed by atoms with Crippen LogP contribution in [0.3, 0.4) is 0 Å². The van der Waals surface area contributed by atoms with E-state index in [9.17, 15) is 13.6 Å². The lowest BCUT2D eigenvalue weighted by atomic mass is 10.1. The van der Waals surface area contributed by atoms with E-state index in [-0.39, 0.29) is 12.6 Å². The first-order chi connectivity index (χ1) is 11.0. The first kappa shape index (κ1) is 15.8. The Morgan fingerprint density at radius 3 is 2.91 bits per heavy atom. The quantitative estimate of drug-likeness (QED) is 0.844. The molecule has 1 aromatic carbocycles. The van der Waals surface area contributed by atoms with Crippen molar-refractivity contribution in [2.24, 2.45) is 0 Å². The Hall–Kier alpha value is -2.05. The number of pyridine rings is 1. The molecule has 0 bridgehead atoms. The monoisotopic (exact) mass is 338 g/mol. The van der Waals surface area contributed by atoms with E-state index in [1.165, 1.54) is 4.90 Å². The minimum absolute atomic E-state index is 0.248. The number of benzene rings is 1. The van der Waals surface area contributed by atoms with Crippen molar-refractivity contribution >= 4 is 17.5 Å². The van der Waals surface area contributed by atoms with Crippen LogP contribution < -0.4 is 0 Å². The fraction of sp³-hybridized carbons (Fsp3) is 0.250. The summed E-state index contributed by atoms with van der Waals surface area (Å²) in [5, 5.41) is 0.570. The van der Waals surface area contributed by atoms with Gasteiger partial charge in [0.25, 0.3) is 5.91 Å². The van der Waals surface area contributed by atoms with Gasteiger partial charge >= 0.3 is 0 Å². The highest BCUT2D eigenvalue weighted by Crippen LogP contribution is 2.25. The zero-order valence-electron chi connectivity index (χ0n) is 12.0. The average molecular weight is 339 g/mol. The Bertz CT molecular complexity index is 742. The number of hydrogen-bond donors (Lipinski definition) is 0. The maximum absolute atomic E-state index is 13.7. The summed E-state index contributed by atoms with van der Waals surface area (Å²) in [6, 6.07) is 7.80. The van der Waals surface area contributed by atoms with Gasteiger partial charge in [-0.05, 0) is 17.7 Å². The molecule has 7 heteroatoms. The lowest BCUT2D eigenvalue weighted by Gasteiger charge is -2.33. The number of nitrogens with zero attached hydrogens (tertiary/aromatic N) is 2. The molecule has 1 fully saturated rings. The number of amides is 1. The van der Waals surface area contributed by atoms with Crippen LogP contribution in [-0.4, -0.2) is 35.5 Å². The molecule has 0 spiro atoms. The molecule has 0 saturated carbocycles. The predicted octanol–water partition coefficient (Wildman–Crippen LogP) is 3.23. The third kappa shape index (κ3) is 3.48. The zero-order chi connectivity index (χ0) is 16.4. The molecule has 1 saturated heterocycles. The van der Waals surface area contributed by atoms with E-state index in [4.69, 9.17) is 16.3 Å². The van der Waals surface area contributed by atoms with Crippen LogP contribution in [0.25, 0.3) is 0 Å². The summed E-state index contributed by atoms with van der Waals surface area (Å²) in [6.45, 7) is 0.873. The highest BCUT2D eigenvalue weighted by atomic mass is 35.5. The van der Waals surface area contributed by atoms with Gasteiger partial charge in [0.05, 0.1) is 19.3 Å². The van der Waals surface area contributed by atoms with Crippen LogP contribution in [-0.2, 0) is 4.74 Å². The van der Waals surface area contributed by atoms with Crippen LogP contribution in [0, 0.1) is 11.6 Å². The van der Waals surface area contributed by atoms with Gasteiger partial charge in [-0.2, -0.15) is 0 Å². The normalized spacial score (nSPS) is 18.0. The fourth-order valence-electron chi connectivity index (χ4n) is 2.46. The Morgan fingerprint density at radius 1 is 1.35 bits per heavy atom. The third-order valence-corrected chi connectivity index (χ3v) is 3.82. The van der Waals surface area contributed by atoms with Crippen LogP contribution in [0.1, 0.15) is 22.2 Å². The van der Waals surface area contributed by atoms with Crippen molar-refractivity contribution in [2.45, 2.75) is 6.10 Å². The number of rotatable bonds is 2. The lowest BCUT2D eigenvalue weighted by Crippen LogP contribution is -2.42. The average Bonchev–Trinajstić information content (AvgIpc) is 2.54. The van der Waals surface area contributed by atoms with Gasteiger partial charge in [-0.15, -0.1) is 0 Å². The maximum Gasteiger partial charge on any atom is 0.275 e. The number of morpholine rings is 1. The summed E-state index contributed by atoms with van der Waals surface area (Å²) in [4.78, 5) is 17.4. The van der Waals surface area contributed by atoms with E-state index < -0.39 is 23.2 Å². The van der Waals surface area contributed by atoms with Gasteiger partial charge < -0.3 is 9.64 Å². The molecule has 4 nitrogen and oxygen atoms in total. The lowest BCUT2D eigenvalue weighted by molar-refractivity contribution is -0.0231. The highest BCUT2D eigenvalue weighted by molar-refractivity contribution is 6.30. The van der Waals surface area contributed by atoms with Gasteiger partial charge in [0.2, 0.25) is 0 Å². The Kier molecular flexibility index (Phi) is 4.54. The first-order valence-electron chi connectivity index (χ1n) is 7.02. The molecule has 1 atom stereocenters. The third-order valence-electron chi connectivity index (χ3n) is 3.58. The molecular weight excluding hydrogens is 326 g/mol. The van der Waals surface area contributed by atoms with Crippen molar-refractivity contribution in [2.75, 3.05) is 19.7 Å². The van der Waals surface area contributed by atoms with Crippen molar-refractivity contribution in [3.05, 3.63) is 64.4 Å². The molecule has 120 valence electrons. The molecule has 3 rings (SSSR count). The van der Waals surface area contributed by atoms with E-state index in [0.29, 0.717) is 24.2 Å². The molecule has 0 N–H and O–H groups in total. The molecule has 1 aromatic heterocycles. The van der Waals surface area contributed by atoms with Gasteiger partial charge in [-0.25, -0.2) is 13.8 Å². The van der Waals surface area contributed by atoms with E-state index in [2.05, 4.69) is 4.98 Å². The molecular formula is C16H13ClF2N2O2. The van der Waals surface area contributed by atoms with Crippen LogP contribution in [0.2, 0.25) is 5.02 Å². The second-order valence-electron chi connectivity index (χ2n) is 5.15. The minimum Gasteiger partial charge on any atom is -0.370 e. The molecule has 2 heterocycles. The molecule has 2 aromatic rings. The second kappa shape index (κ2) is 6.60. The standard InChI is InChI=1S/C16H13ClF2N2O2/c17-11-3-1-2-10(6-11)14-9-21(4-5-23-14)16(22)15-13(19)7-12(18)8-20-15/h1-3,6-8,14H,4-5,9H2/t14-/m1/s1. The molecule has 1 aliphatic rings. The van der Waals surface area contributed by atoms with Gasteiger partial charge in [-0.1, -0.05) is 23.7 Å². The van der Waals surface area contributed by atoms with Gasteiger partial charge in [0, 0.05) is 17.6 Å². The van der Waals surface area contributed by atoms with Crippen LogP contribution >= 0.6 is 11.6 Å². The molecule has 1 aliphatic heterocycles. The summed E-state index contributed by atoms with van der Waals surface area (Å²) in [5.74, 6) is -2.38. The maximum atomic E-state index is 13.7. The van der Waals surface area contributed by atoms with E-state index in [1.807, 2.05) is 6.07 Å². The second-order valence-corrected chi connectivity index (χ2v) is 5.59. The smallest absolute Gasteiger partial charge is 0.275 e. The number of carbonyl (C=O) groups is 1. The number of ether oxygens (including phenoxy) is 1. The Balaban J connectivity index is 1.79. The summed E-state index contributed by atoms with van der Waals surface area (Å²) in [7, 11) is 0. The van der Waals surface area contributed by atoms with E-state index in [1.54, 1.807) is 18.2 Å². The number of aromatic nitrogens is 1. The largest absolute Gasteiger partial charge is 0.370 e. The topological polar surface area (TPSA) is 42.4 Å². The predicted molar refractivity (Wildman–Crippen MR) is 80.2 cm³/mol. The number of hydrogen-bond acceptors (Lipinski definition) is 3. The SMILES string of the molecule is O=C(c1ncc(F)cc1F)N1CCO[C@@H](c2cccc(Cl)c2)C1. The Morgan fingerprint density at radius 2 is 2.17 bits per heavy atom. The van der Waals surface area contributed by atoms with Gasteiger partial charge in [0.15, 0.2) is 11.5 Å².